The topological polar surface area (TPSA) is 105 Å². The van der Waals surface area contributed by atoms with Crippen LogP contribution in [0.2, 0.25) is 0 Å². The summed E-state index contributed by atoms with van der Waals surface area (Å²) in [5, 5.41) is 2.30. The summed E-state index contributed by atoms with van der Waals surface area (Å²) in [6.45, 7) is 0.960. The Morgan fingerprint density at radius 3 is 2.64 bits per heavy atom. The Labute approximate surface area is 159 Å². The van der Waals surface area contributed by atoms with Gasteiger partial charge in [-0.15, -0.1) is 0 Å². The second-order valence-electron chi connectivity index (χ2n) is 6.04. The molecule has 0 bridgehead atoms. The summed E-state index contributed by atoms with van der Waals surface area (Å²) in [5.41, 5.74) is 5.20. The molecule has 8 nitrogen and oxygen atoms in total. The first-order chi connectivity index (χ1) is 13.2. The van der Waals surface area contributed by atoms with Gasteiger partial charge >= 0.3 is 0 Å². The van der Waals surface area contributed by atoms with E-state index in [2.05, 4.69) is 5.32 Å². The van der Waals surface area contributed by atoms with Crippen molar-refractivity contribution in [2.24, 2.45) is 5.73 Å². The lowest BCUT2D eigenvalue weighted by atomic mass is 10.2. The number of hydrogen-bond acceptors (Lipinski definition) is 5. The monoisotopic (exact) mass is 402 g/mol. The number of rotatable bonds is 8. The van der Waals surface area contributed by atoms with Gasteiger partial charge in [0.15, 0.2) is 6.04 Å². The Balaban J connectivity index is 2.16. The van der Waals surface area contributed by atoms with Gasteiger partial charge in [0.1, 0.15) is 12.4 Å². The number of morpholine rings is 1. The first-order valence-corrected chi connectivity index (χ1v) is 8.54. The van der Waals surface area contributed by atoms with Gasteiger partial charge in [-0.1, -0.05) is 6.92 Å². The highest BCUT2D eigenvalue weighted by molar-refractivity contribution is 6.09. The van der Waals surface area contributed by atoms with E-state index in [1.807, 2.05) is 0 Å². The Kier molecular flexibility index (Phi) is 7.35. The lowest BCUT2D eigenvalue weighted by Gasteiger charge is -2.28. The van der Waals surface area contributed by atoms with E-state index >= 15 is 0 Å². The molecule has 11 heteroatoms. The van der Waals surface area contributed by atoms with Gasteiger partial charge in [-0.2, -0.15) is 0 Å². The molecular formula is C17H21F3N4O4. The van der Waals surface area contributed by atoms with Gasteiger partial charge in [0.2, 0.25) is 5.91 Å². The Hall–Kier alpha value is -2.66. The molecule has 3 N–H and O–H groups in total. The van der Waals surface area contributed by atoms with Crippen LogP contribution in [-0.2, 0) is 19.1 Å². The van der Waals surface area contributed by atoms with E-state index in [0.29, 0.717) is 0 Å². The summed E-state index contributed by atoms with van der Waals surface area (Å²) < 4.78 is 44.8. The van der Waals surface area contributed by atoms with Crippen LogP contribution in [0.15, 0.2) is 18.2 Å². The van der Waals surface area contributed by atoms with E-state index in [9.17, 15) is 27.6 Å². The minimum atomic E-state index is -2.77. The van der Waals surface area contributed by atoms with Crippen molar-refractivity contribution in [2.75, 3.05) is 43.1 Å². The molecule has 154 valence electrons. The predicted octanol–water partition coefficient (Wildman–Crippen LogP) is 0.568. The third-order valence-corrected chi connectivity index (χ3v) is 4.15. The van der Waals surface area contributed by atoms with E-state index in [1.54, 1.807) is 0 Å². The number of halogens is 3. The molecule has 0 aliphatic carbocycles. The maximum Gasteiger partial charge on any atom is 0.253 e. The van der Waals surface area contributed by atoms with Crippen LogP contribution in [-0.4, -0.2) is 67.9 Å². The number of carbonyl (C=O) groups excluding carboxylic acids is 3. The van der Waals surface area contributed by atoms with Crippen LogP contribution >= 0.6 is 0 Å². The molecule has 0 aromatic heterocycles. The molecule has 2 rings (SSSR count). The maximum atomic E-state index is 14.4. The number of nitrogens with two attached hydrogens (primary N) is 1. The Bertz CT molecular complexity index is 747. The lowest BCUT2D eigenvalue weighted by molar-refractivity contribution is -0.133. The number of amides is 3. The van der Waals surface area contributed by atoms with Gasteiger partial charge in [0.25, 0.3) is 18.2 Å². The van der Waals surface area contributed by atoms with Crippen molar-refractivity contribution in [1.82, 2.24) is 4.90 Å². The van der Waals surface area contributed by atoms with Crippen molar-refractivity contribution in [1.29, 1.82) is 0 Å². The molecule has 1 saturated heterocycles. The molecule has 28 heavy (non-hydrogen) atoms. The van der Waals surface area contributed by atoms with Crippen molar-refractivity contribution in [3.05, 3.63) is 24.0 Å². The molecule has 3 amide bonds. The van der Waals surface area contributed by atoms with Crippen LogP contribution in [0.5, 0.6) is 0 Å². The number of carbonyl (C=O) groups is 3. The van der Waals surface area contributed by atoms with Crippen molar-refractivity contribution >= 4 is 29.1 Å². The zero-order valence-electron chi connectivity index (χ0n) is 15.2. The normalized spacial score (nSPS) is 15.8. The van der Waals surface area contributed by atoms with Gasteiger partial charge in [-0.05, 0) is 24.7 Å². The first kappa shape index (κ1) is 21.6. The van der Waals surface area contributed by atoms with E-state index in [1.165, 1.54) is 24.0 Å². The summed E-state index contributed by atoms with van der Waals surface area (Å²) in [6.07, 6.45) is -2.77. The van der Waals surface area contributed by atoms with Crippen molar-refractivity contribution in [3.8, 4) is 0 Å². The highest BCUT2D eigenvalue weighted by Gasteiger charge is 2.32. The number of primary amides is 1. The van der Waals surface area contributed by atoms with Crippen LogP contribution in [0.1, 0.15) is 6.92 Å². The number of nitrogens with zero attached hydrogens (tertiary/aromatic N) is 2. The second-order valence-corrected chi connectivity index (χ2v) is 6.04. The zero-order chi connectivity index (χ0) is 20.8. The van der Waals surface area contributed by atoms with Crippen LogP contribution < -0.4 is 16.0 Å². The number of likely N-dealkylation sites (N-methyl/N-ethyl adjacent to an activating group) is 1. The fourth-order valence-electron chi connectivity index (χ4n) is 2.86. The van der Waals surface area contributed by atoms with E-state index in [0.717, 1.165) is 11.0 Å². The molecule has 1 aromatic carbocycles. The second kappa shape index (κ2) is 9.51. The van der Waals surface area contributed by atoms with Gasteiger partial charge < -0.3 is 20.7 Å². The van der Waals surface area contributed by atoms with Gasteiger partial charge in [0.05, 0.1) is 18.8 Å². The van der Waals surface area contributed by atoms with Crippen LogP contribution in [0, 0.1) is 5.82 Å². The van der Waals surface area contributed by atoms with Crippen molar-refractivity contribution in [2.45, 2.75) is 19.4 Å². The van der Waals surface area contributed by atoms with Crippen LogP contribution in [0.25, 0.3) is 0 Å². The van der Waals surface area contributed by atoms with Crippen LogP contribution in [0.4, 0.5) is 24.5 Å². The molecule has 1 aromatic rings. The van der Waals surface area contributed by atoms with Crippen molar-refractivity contribution < 1.29 is 32.3 Å². The number of alkyl halides is 2. The third kappa shape index (κ3) is 5.20. The van der Waals surface area contributed by atoms with E-state index < -0.39 is 42.6 Å². The van der Waals surface area contributed by atoms with Crippen molar-refractivity contribution in [3.63, 3.8) is 0 Å². The minimum absolute atomic E-state index is 0.00805. The summed E-state index contributed by atoms with van der Waals surface area (Å²) in [4.78, 5) is 38.0. The van der Waals surface area contributed by atoms with Gasteiger partial charge in [-0.3, -0.25) is 19.3 Å². The minimum Gasteiger partial charge on any atom is -0.370 e. The largest absolute Gasteiger partial charge is 0.370 e. The first-order valence-electron chi connectivity index (χ1n) is 8.54. The highest BCUT2D eigenvalue weighted by atomic mass is 19.3. The molecular weight excluding hydrogens is 381 g/mol. The molecule has 1 heterocycles. The SMILES string of the molecule is CCN(CC(F)F)[C@H](C(N)=O)C(=O)Nc1ccc(N2CCOCC2=O)c(F)c1. The lowest BCUT2D eigenvalue weighted by Crippen LogP contribution is -2.53. The van der Waals surface area contributed by atoms with E-state index in [4.69, 9.17) is 10.5 Å². The Morgan fingerprint density at radius 1 is 1.39 bits per heavy atom. The summed E-state index contributed by atoms with van der Waals surface area (Å²) in [5.74, 6) is -3.23. The van der Waals surface area contributed by atoms with Gasteiger partial charge in [-0.25, -0.2) is 13.2 Å². The number of benzene rings is 1. The molecule has 1 aliphatic rings. The molecule has 0 spiro atoms. The summed E-state index contributed by atoms with van der Waals surface area (Å²) in [6, 6.07) is 1.96. The predicted molar refractivity (Wildman–Crippen MR) is 94.4 cm³/mol. The summed E-state index contributed by atoms with van der Waals surface area (Å²) >= 11 is 0. The highest BCUT2D eigenvalue weighted by Crippen LogP contribution is 2.24. The molecule has 0 unspecified atom stereocenters. The molecule has 0 radical (unpaired) electrons. The van der Waals surface area contributed by atoms with Gasteiger partial charge in [0, 0.05) is 12.2 Å². The molecule has 0 saturated carbocycles. The molecule has 1 fully saturated rings. The number of ether oxygens (including phenoxy) is 1. The quantitative estimate of drug-likeness (QED) is 0.619. The molecule has 1 aliphatic heterocycles. The zero-order valence-corrected chi connectivity index (χ0v) is 15.2. The summed E-state index contributed by atoms with van der Waals surface area (Å²) in [7, 11) is 0. The fraction of sp³-hybridized carbons (Fsp3) is 0.471. The van der Waals surface area contributed by atoms with E-state index in [-0.39, 0.29) is 37.7 Å². The third-order valence-electron chi connectivity index (χ3n) is 4.15. The standard InChI is InChI=1S/C17H21F3N4O4/c1-2-23(8-13(19)20)15(16(21)26)17(27)22-10-3-4-12(11(18)7-10)24-5-6-28-9-14(24)25/h3-4,7,13,15H,2,5-6,8-9H2,1H3,(H2,21,26)(H,22,27)/t15-/m1/s1. The average Bonchev–Trinajstić information content (AvgIpc) is 2.61. The molecule has 1 atom stereocenters. The Morgan fingerprint density at radius 2 is 2.11 bits per heavy atom. The maximum absolute atomic E-state index is 14.4. The van der Waals surface area contributed by atoms with Crippen LogP contribution in [0.3, 0.4) is 0 Å². The number of anilines is 2. The number of hydrogen-bond donors (Lipinski definition) is 2. The smallest absolute Gasteiger partial charge is 0.253 e. The average molecular weight is 402 g/mol. The number of nitrogens with one attached hydrogen (secondary N) is 1. The fourth-order valence-corrected chi connectivity index (χ4v) is 2.86.